The number of amides is 1. The average molecular weight is 294 g/mol. The van der Waals surface area contributed by atoms with Gasteiger partial charge in [-0.1, -0.05) is 35.9 Å². The number of anilines is 1. The van der Waals surface area contributed by atoms with E-state index in [-0.39, 0.29) is 18.5 Å². The van der Waals surface area contributed by atoms with Gasteiger partial charge in [0.25, 0.3) is 5.91 Å². The van der Waals surface area contributed by atoms with Crippen LogP contribution >= 0.6 is 11.6 Å². The largest absolute Gasteiger partial charge is 0.456 e. The minimum Gasteiger partial charge on any atom is -0.456 e. The molecule has 1 aliphatic rings. The fraction of sp³-hybridized carbons (Fsp3) is 0.333. The standard InChI is InChI=1S/C15H16ClNO3/c16-12-7-3-4-8-13(12)17-14(18)10-20-15(19)9-11-5-1-2-6-11/h1,3-5,7-8,11H,2,6,9-10H2,(H,17,18)/t11-/m0/s1. The SMILES string of the molecule is O=C(COC(=O)C[C@H]1C=CCC1)Nc1ccccc1Cl. The van der Waals surface area contributed by atoms with Gasteiger partial charge >= 0.3 is 5.97 Å². The minimum atomic E-state index is -0.395. The Labute approximate surface area is 122 Å². The number of rotatable bonds is 5. The summed E-state index contributed by atoms with van der Waals surface area (Å²) in [7, 11) is 0. The number of carbonyl (C=O) groups excluding carboxylic acids is 2. The number of nitrogens with one attached hydrogen (secondary N) is 1. The molecule has 0 saturated carbocycles. The molecular weight excluding hydrogens is 278 g/mol. The van der Waals surface area contributed by atoms with E-state index in [9.17, 15) is 9.59 Å². The zero-order valence-corrected chi connectivity index (χ0v) is 11.7. The van der Waals surface area contributed by atoms with E-state index in [2.05, 4.69) is 11.4 Å². The highest BCUT2D eigenvalue weighted by Gasteiger charge is 2.16. The fourth-order valence-corrected chi connectivity index (χ4v) is 2.22. The van der Waals surface area contributed by atoms with Crippen molar-refractivity contribution in [1.29, 1.82) is 0 Å². The highest BCUT2D eigenvalue weighted by atomic mass is 35.5. The Kier molecular flexibility index (Phi) is 5.18. The Balaban J connectivity index is 1.73. The molecule has 0 spiro atoms. The molecule has 5 heteroatoms. The van der Waals surface area contributed by atoms with Crippen LogP contribution in [-0.4, -0.2) is 18.5 Å². The van der Waals surface area contributed by atoms with E-state index < -0.39 is 5.91 Å². The third-order valence-corrected chi connectivity index (χ3v) is 3.38. The van der Waals surface area contributed by atoms with Crippen molar-refractivity contribution in [3.05, 3.63) is 41.4 Å². The van der Waals surface area contributed by atoms with Gasteiger partial charge in [-0.3, -0.25) is 9.59 Å². The lowest BCUT2D eigenvalue weighted by Gasteiger charge is -2.09. The normalized spacial score (nSPS) is 16.9. The molecular formula is C15H16ClNO3. The molecule has 1 aromatic carbocycles. The molecule has 0 radical (unpaired) electrons. The van der Waals surface area contributed by atoms with Gasteiger partial charge in [0.15, 0.2) is 6.61 Å². The van der Waals surface area contributed by atoms with Crippen molar-refractivity contribution in [3.8, 4) is 0 Å². The van der Waals surface area contributed by atoms with Gasteiger partial charge in [-0.25, -0.2) is 0 Å². The Morgan fingerprint density at radius 1 is 1.35 bits per heavy atom. The van der Waals surface area contributed by atoms with Crippen LogP contribution < -0.4 is 5.32 Å². The molecule has 0 aliphatic heterocycles. The molecule has 20 heavy (non-hydrogen) atoms. The second kappa shape index (κ2) is 7.10. The maximum atomic E-state index is 11.6. The first-order valence-electron chi connectivity index (χ1n) is 6.52. The van der Waals surface area contributed by atoms with Crippen molar-refractivity contribution in [2.24, 2.45) is 5.92 Å². The number of halogens is 1. The third-order valence-electron chi connectivity index (χ3n) is 3.05. The fourth-order valence-electron chi connectivity index (χ4n) is 2.03. The van der Waals surface area contributed by atoms with Crippen molar-refractivity contribution >= 4 is 29.2 Å². The van der Waals surface area contributed by atoms with Gasteiger partial charge in [-0.2, -0.15) is 0 Å². The summed E-state index contributed by atoms with van der Waals surface area (Å²) in [6, 6.07) is 6.90. The third kappa shape index (κ3) is 4.38. The Bertz CT molecular complexity index is 528. The molecule has 106 valence electrons. The van der Waals surface area contributed by atoms with Crippen LogP contribution in [0.3, 0.4) is 0 Å². The lowest BCUT2D eigenvalue weighted by Crippen LogP contribution is -2.21. The molecule has 0 fully saturated rings. The zero-order chi connectivity index (χ0) is 14.4. The van der Waals surface area contributed by atoms with Crippen molar-refractivity contribution < 1.29 is 14.3 Å². The van der Waals surface area contributed by atoms with E-state index in [4.69, 9.17) is 16.3 Å². The summed E-state index contributed by atoms with van der Waals surface area (Å²) in [5, 5.41) is 3.04. The summed E-state index contributed by atoms with van der Waals surface area (Å²) in [4.78, 5) is 23.2. The van der Waals surface area contributed by atoms with E-state index in [0.29, 0.717) is 17.1 Å². The quantitative estimate of drug-likeness (QED) is 0.670. The zero-order valence-electron chi connectivity index (χ0n) is 11.0. The van der Waals surface area contributed by atoms with Gasteiger partial charge in [0.1, 0.15) is 0 Å². The van der Waals surface area contributed by atoms with E-state index >= 15 is 0 Å². The smallest absolute Gasteiger partial charge is 0.306 e. The molecule has 0 saturated heterocycles. The predicted octanol–water partition coefficient (Wildman–Crippen LogP) is 3.18. The van der Waals surface area contributed by atoms with E-state index in [0.717, 1.165) is 12.8 Å². The summed E-state index contributed by atoms with van der Waals surface area (Å²) in [6.07, 6.45) is 6.38. The molecule has 2 rings (SSSR count). The van der Waals surface area contributed by atoms with Gasteiger partial charge in [0, 0.05) is 0 Å². The van der Waals surface area contributed by atoms with Gasteiger partial charge in [-0.05, 0) is 30.9 Å². The molecule has 1 aromatic rings. The van der Waals surface area contributed by atoms with Crippen molar-refractivity contribution in [2.45, 2.75) is 19.3 Å². The monoisotopic (exact) mass is 293 g/mol. The Morgan fingerprint density at radius 2 is 2.15 bits per heavy atom. The van der Waals surface area contributed by atoms with Crippen LogP contribution in [0.4, 0.5) is 5.69 Å². The molecule has 1 N–H and O–H groups in total. The summed E-state index contributed by atoms with van der Waals surface area (Å²) >= 11 is 5.91. The number of esters is 1. The lowest BCUT2D eigenvalue weighted by atomic mass is 10.1. The minimum absolute atomic E-state index is 0.245. The molecule has 1 atom stereocenters. The number of ether oxygens (including phenoxy) is 1. The lowest BCUT2D eigenvalue weighted by molar-refractivity contribution is -0.147. The van der Waals surface area contributed by atoms with Crippen LogP contribution in [0.2, 0.25) is 5.02 Å². The van der Waals surface area contributed by atoms with Crippen molar-refractivity contribution in [1.82, 2.24) is 0 Å². The van der Waals surface area contributed by atoms with Gasteiger partial charge in [0.2, 0.25) is 0 Å². The molecule has 0 heterocycles. The maximum Gasteiger partial charge on any atom is 0.306 e. The number of para-hydroxylation sites is 1. The summed E-state index contributed by atoms with van der Waals surface area (Å²) in [5.74, 6) is -0.501. The molecule has 1 aliphatic carbocycles. The van der Waals surface area contributed by atoms with Gasteiger partial charge < -0.3 is 10.1 Å². The number of allylic oxidation sites excluding steroid dienone is 2. The van der Waals surface area contributed by atoms with Crippen LogP contribution in [0.15, 0.2) is 36.4 Å². The molecule has 1 amide bonds. The van der Waals surface area contributed by atoms with Crippen LogP contribution in [0.1, 0.15) is 19.3 Å². The number of hydrogen-bond donors (Lipinski definition) is 1. The van der Waals surface area contributed by atoms with Crippen LogP contribution in [0.5, 0.6) is 0 Å². The van der Waals surface area contributed by atoms with E-state index in [1.807, 2.05) is 6.08 Å². The Hall–Kier alpha value is -1.81. The van der Waals surface area contributed by atoms with Crippen LogP contribution in [0.25, 0.3) is 0 Å². The van der Waals surface area contributed by atoms with E-state index in [1.165, 1.54) is 0 Å². The molecule has 4 nitrogen and oxygen atoms in total. The molecule has 0 bridgehead atoms. The highest BCUT2D eigenvalue weighted by Crippen LogP contribution is 2.21. The number of carbonyl (C=O) groups is 2. The van der Waals surface area contributed by atoms with Gasteiger partial charge in [-0.15, -0.1) is 0 Å². The second-order valence-electron chi connectivity index (χ2n) is 4.66. The topological polar surface area (TPSA) is 55.4 Å². The van der Waals surface area contributed by atoms with Gasteiger partial charge in [0.05, 0.1) is 17.1 Å². The van der Waals surface area contributed by atoms with Crippen molar-refractivity contribution in [2.75, 3.05) is 11.9 Å². The van der Waals surface area contributed by atoms with Crippen LogP contribution in [-0.2, 0) is 14.3 Å². The summed E-state index contributed by atoms with van der Waals surface area (Å²) < 4.78 is 4.95. The number of benzene rings is 1. The molecule has 0 aromatic heterocycles. The first kappa shape index (κ1) is 14.6. The summed E-state index contributed by atoms with van der Waals surface area (Å²) in [6.45, 7) is -0.291. The summed E-state index contributed by atoms with van der Waals surface area (Å²) in [5.41, 5.74) is 0.508. The van der Waals surface area contributed by atoms with Crippen molar-refractivity contribution in [3.63, 3.8) is 0 Å². The molecule has 0 unspecified atom stereocenters. The average Bonchev–Trinajstić information content (AvgIpc) is 2.92. The first-order chi connectivity index (χ1) is 9.65. The van der Waals surface area contributed by atoms with Crippen LogP contribution in [0, 0.1) is 5.92 Å². The Morgan fingerprint density at radius 3 is 2.85 bits per heavy atom. The number of hydrogen-bond acceptors (Lipinski definition) is 3. The second-order valence-corrected chi connectivity index (χ2v) is 5.07. The maximum absolute atomic E-state index is 11.6. The first-order valence-corrected chi connectivity index (χ1v) is 6.89. The van der Waals surface area contributed by atoms with E-state index in [1.54, 1.807) is 24.3 Å². The highest BCUT2D eigenvalue weighted by molar-refractivity contribution is 6.33. The predicted molar refractivity (Wildman–Crippen MR) is 77.5 cm³/mol.